The monoisotopic (exact) mass is 422 g/mol. The van der Waals surface area contributed by atoms with Crippen LogP contribution in [0.15, 0.2) is 61.4 Å². The Morgan fingerprint density at radius 3 is 2.66 bits per heavy atom. The van der Waals surface area contributed by atoms with Gasteiger partial charge in [0, 0.05) is 35.1 Å². The first kappa shape index (κ1) is 18.3. The Balaban J connectivity index is 1.52. The molecule has 32 heavy (non-hydrogen) atoms. The minimum absolute atomic E-state index is 0.284. The van der Waals surface area contributed by atoms with E-state index in [0.29, 0.717) is 17.2 Å². The highest BCUT2D eigenvalue weighted by Crippen LogP contribution is 2.32. The Kier molecular flexibility index (Phi) is 4.00. The molecule has 0 amide bonds. The first-order valence-electron chi connectivity index (χ1n) is 9.88. The maximum atomic E-state index is 14.0. The molecule has 0 aliphatic rings. The molecule has 0 bridgehead atoms. The van der Waals surface area contributed by atoms with Gasteiger partial charge in [-0.2, -0.15) is 5.10 Å². The average Bonchev–Trinajstić information content (AvgIpc) is 3.42. The molecule has 5 heterocycles. The van der Waals surface area contributed by atoms with E-state index in [1.807, 2.05) is 25.1 Å². The van der Waals surface area contributed by atoms with Crippen molar-refractivity contribution in [3.8, 4) is 33.9 Å². The predicted molar refractivity (Wildman–Crippen MR) is 118 cm³/mol. The molecule has 6 aromatic rings. The maximum absolute atomic E-state index is 14.0. The number of nitrogens with zero attached hydrogens (tertiary/aromatic N) is 6. The van der Waals surface area contributed by atoms with Crippen molar-refractivity contribution in [2.45, 2.75) is 6.92 Å². The number of pyridine rings is 2. The number of fused-ring (bicyclic) bond motifs is 2. The summed E-state index contributed by atoms with van der Waals surface area (Å²) < 4.78 is 14.0. The van der Waals surface area contributed by atoms with Gasteiger partial charge in [0.1, 0.15) is 17.8 Å². The van der Waals surface area contributed by atoms with Crippen LogP contribution in [0.3, 0.4) is 0 Å². The van der Waals surface area contributed by atoms with Crippen molar-refractivity contribution in [2.24, 2.45) is 0 Å². The van der Waals surface area contributed by atoms with E-state index in [1.54, 1.807) is 24.8 Å². The third kappa shape index (κ3) is 2.99. The third-order valence-corrected chi connectivity index (χ3v) is 5.27. The number of aryl methyl sites for hydroxylation is 1. The number of aromatic nitrogens is 8. The van der Waals surface area contributed by atoms with Gasteiger partial charge in [-0.25, -0.2) is 24.3 Å². The highest BCUT2D eigenvalue weighted by atomic mass is 19.1. The number of hydrogen-bond donors (Lipinski definition) is 2. The number of rotatable bonds is 3. The van der Waals surface area contributed by atoms with Crippen LogP contribution < -0.4 is 0 Å². The number of H-pyrrole nitrogens is 2. The molecule has 0 saturated heterocycles. The Hall–Kier alpha value is -4.53. The van der Waals surface area contributed by atoms with Gasteiger partial charge in [-0.3, -0.25) is 10.1 Å². The molecule has 0 fully saturated rings. The zero-order chi connectivity index (χ0) is 21.7. The fourth-order valence-corrected chi connectivity index (χ4v) is 3.84. The minimum atomic E-state index is -0.284. The van der Waals surface area contributed by atoms with Crippen molar-refractivity contribution in [3.63, 3.8) is 0 Å². The van der Waals surface area contributed by atoms with Gasteiger partial charge in [-0.1, -0.05) is 6.07 Å². The number of hydrogen-bond acceptors (Lipinski definition) is 6. The third-order valence-electron chi connectivity index (χ3n) is 5.27. The molecule has 5 aromatic heterocycles. The SMILES string of the molecule is Cc1cc(F)cc(-c2ccnc3nc(-c4n[nH]c5cnc(-c6cncnc6)cc45)[nH]c23)c1. The maximum Gasteiger partial charge on any atom is 0.178 e. The highest BCUT2D eigenvalue weighted by molar-refractivity contribution is 5.96. The van der Waals surface area contributed by atoms with Crippen molar-refractivity contribution >= 4 is 22.1 Å². The van der Waals surface area contributed by atoms with Gasteiger partial charge in [0.25, 0.3) is 0 Å². The van der Waals surface area contributed by atoms with Crippen molar-refractivity contribution in [3.05, 3.63) is 72.8 Å². The molecule has 0 radical (unpaired) electrons. The van der Waals surface area contributed by atoms with Gasteiger partial charge < -0.3 is 4.98 Å². The lowest BCUT2D eigenvalue weighted by Crippen LogP contribution is -1.87. The van der Waals surface area contributed by atoms with Gasteiger partial charge in [0.05, 0.1) is 22.9 Å². The Morgan fingerprint density at radius 2 is 1.81 bits per heavy atom. The van der Waals surface area contributed by atoms with E-state index in [-0.39, 0.29) is 5.82 Å². The van der Waals surface area contributed by atoms with Crippen LogP contribution in [-0.4, -0.2) is 40.1 Å². The Labute approximate surface area is 180 Å². The summed E-state index contributed by atoms with van der Waals surface area (Å²) >= 11 is 0. The van der Waals surface area contributed by atoms with E-state index in [1.165, 1.54) is 18.5 Å². The average molecular weight is 422 g/mol. The normalized spacial score (nSPS) is 11.4. The van der Waals surface area contributed by atoms with E-state index >= 15 is 0 Å². The summed E-state index contributed by atoms with van der Waals surface area (Å²) in [5.74, 6) is 0.272. The quantitative estimate of drug-likeness (QED) is 0.436. The highest BCUT2D eigenvalue weighted by Gasteiger charge is 2.17. The number of nitrogens with one attached hydrogen (secondary N) is 2. The summed E-state index contributed by atoms with van der Waals surface area (Å²) in [5, 5.41) is 8.29. The van der Waals surface area contributed by atoms with Crippen molar-refractivity contribution < 1.29 is 4.39 Å². The van der Waals surface area contributed by atoms with E-state index < -0.39 is 0 Å². The van der Waals surface area contributed by atoms with E-state index in [0.717, 1.165) is 44.4 Å². The molecule has 0 spiro atoms. The van der Waals surface area contributed by atoms with Crippen molar-refractivity contribution in [2.75, 3.05) is 0 Å². The second-order valence-corrected chi connectivity index (χ2v) is 7.47. The van der Waals surface area contributed by atoms with Gasteiger partial charge in [-0.15, -0.1) is 0 Å². The van der Waals surface area contributed by atoms with Crippen LogP contribution in [0.5, 0.6) is 0 Å². The summed E-state index contributed by atoms with van der Waals surface area (Å²) in [4.78, 5) is 25.0. The van der Waals surface area contributed by atoms with Crippen LogP contribution >= 0.6 is 0 Å². The number of benzene rings is 1. The van der Waals surface area contributed by atoms with Gasteiger partial charge in [0.15, 0.2) is 11.5 Å². The smallest absolute Gasteiger partial charge is 0.178 e. The summed E-state index contributed by atoms with van der Waals surface area (Å²) in [7, 11) is 0. The molecule has 0 aliphatic heterocycles. The second-order valence-electron chi connectivity index (χ2n) is 7.47. The molecular weight excluding hydrogens is 407 g/mol. The lowest BCUT2D eigenvalue weighted by atomic mass is 10.0. The van der Waals surface area contributed by atoms with Crippen LogP contribution in [0, 0.1) is 12.7 Å². The largest absolute Gasteiger partial charge is 0.335 e. The standard InChI is InChI=1S/C23H15FN8/c1-12-4-13(6-15(24)5-12)16-2-3-27-22-20(16)29-23(30-22)21-17-7-18(14-8-25-11-26-9-14)28-10-19(17)31-32-21/h2-11H,1H3,(H,31,32)(H,27,29,30). The first-order valence-corrected chi connectivity index (χ1v) is 9.88. The Morgan fingerprint density at radius 1 is 0.938 bits per heavy atom. The molecule has 1 aromatic carbocycles. The lowest BCUT2D eigenvalue weighted by molar-refractivity contribution is 0.627. The fourth-order valence-electron chi connectivity index (χ4n) is 3.84. The topological polar surface area (TPSA) is 109 Å². The van der Waals surface area contributed by atoms with E-state index in [9.17, 15) is 4.39 Å². The van der Waals surface area contributed by atoms with Gasteiger partial charge in [-0.05, 0) is 42.3 Å². The summed E-state index contributed by atoms with van der Waals surface area (Å²) in [6.07, 6.45) is 8.28. The second kappa shape index (κ2) is 7.02. The molecule has 2 N–H and O–H groups in total. The minimum Gasteiger partial charge on any atom is -0.335 e. The van der Waals surface area contributed by atoms with Crippen molar-refractivity contribution in [1.29, 1.82) is 0 Å². The number of aromatic amines is 2. The Bertz CT molecular complexity index is 1580. The summed E-state index contributed by atoms with van der Waals surface area (Å²) in [5.41, 5.74) is 6.61. The molecule has 0 aliphatic carbocycles. The summed E-state index contributed by atoms with van der Waals surface area (Å²) in [6.45, 7) is 1.86. The molecule has 6 rings (SSSR count). The molecular formula is C23H15FN8. The van der Waals surface area contributed by atoms with Gasteiger partial charge in [0.2, 0.25) is 0 Å². The number of imidazole rings is 1. The van der Waals surface area contributed by atoms with Gasteiger partial charge >= 0.3 is 0 Å². The molecule has 8 nitrogen and oxygen atoms in total. The summed E-state index contributed by atoms with van der Waals surface area (Å²) in [6, 6.07) is 8.71. The van der Waals surface area contributed by atoms with Crippen LogP contribution in [0.1, 0.15) is 5.56 Å². The van der Waals surface area contributed by atoms with Crippen molar-refractivity contribution in [1.82, 2.24) is 40.1 Å². The van der Waals surface area contributed by atoms with Crippen LogP contribution in [0.4, 0.5) is 4.39 Å². The zero-order valence-corrected chi connectivity index (χ0v) is 16.8. The zero-order valence-electron chi connectivity index (χ0n) is 16.8. The molecule has 9 heteroatoms. The molecule has 0 atom stereocenters. The van der Waals surface area contributed by atoms with E-state index in [2.05, 4.69) is 40.1 Å². The van der Waals surface area contributed by atoms with Crippen LogP contribution in [-0.2, 0) is 0 Å². The lowest BCUT2D eigenvalue weighted by Gasteiger charge is -2.04. The first-order chi connectivity index (χ1) is 15.7. The predicted octanol–water partition coefficient (Wildman–Crippen LogP) is 4.47. The van der Waals surface area contributed by atoms with Crippen LogP contribution in [0.2, 0.25) is 0 Å². The molecule has 0 saturated carbocycles. The fraction of sp³-hybridized carbons (Fsp3) is 0.0435. The number of halogens is 1. The molecule has 0 unspecified atom stereocenters. The van der Waals surface area contributed by atoms with Crippen LogP contribution in [0.25, 0.3) is 56.0 Å². The van der Waals surface area contributed by atoms with E-state index in [4.69, 9.17) is 0 Å². The molecule has 154 valence electrons.